The predicted octanol–water partition coefficient (Wildman–Crippen LogP) is 2.68. The zero-order chi connectivity index (χ0) is 18.6. The molecule has 1 saturated carbocycles. The van der Waals surface area contributed by atoms with Crippen LogP contribution in [0, 0.1) is 11.3 Å². The Bertz CT molecular complexity index is 663. The topological polar surface area (TPSA) is 86.7 Å². The van der Waals surface area contributed by atoms with Crippen molar-refractivity contribution in [1.29, 1.82) is 0 Å². The standard InChI is InChI=1S/C19H26N2O4/c1-4-19(5-2,18(24)25)12-20-16(22)14-8-6-7-9-15(14)21(3)17(23)13-10-11-13/h6-9,13H,4-5,10-12H2,1-3H3,(H,20,22)(H,24,25). The largest absolute Gasteiger partial charge is 0.481 e. The molecule has 2 rings (SSSR count). The van der Waals surface area contributed by atoms with E-state index in [0.29, 0.717) is 24.1 Å². The van der Waals surface area contributed by atoms with E-state index in [1.165, 1.54) is 4.90 Å². The van der Waals surface area contributed by atoms with E-state index in [-0.39, 0.29) is 24.3 Å². The van der Waals surface area contributed by atoms with E-state index in [1.807, 2.05) is 0 Å². The molecule has 0 heterocycles. The number of hydrogen-bond acceptors (Lipinski definition) is 3. The number of rotatable bonds is 8. The van der Waals surface area contributed by atoms with E-state index < -0.39 is 11.4 Å². The van der Waals surface area contributed by atoms with Crippen LogP contribution in [0.4, 0.5) is 5.69 Å². The van der Waals surface area contributed by atoms with Gasteiger partial charge in [-0.05, 0) is 37.8 Å². The van der Waals surface area contributed by atoms with Gasteiger partial charge in [0.25, 0.3) is 5.91 Å². The van der Waals surface area contributed by atoms with Crippen molar-refractivity contribution < 1.29 is 19.5 Å². The Hall–Kier alpha value is -2.37. The molecular formula is C19H26N2O4. The Morgan fingerprint density at radius 3 is 2.32 bits per heavy atom. The summed E-state index contributed by atoms with van der Waals surface area (Å²) in [5.74, 6) is -1.20. The average Bonchev–Trinajstić information content (AvgIpc) is 3.46. The lowest BCUT2D eigenvalue weighted by Crippen LogP contribution is -2.42. The average molecular weight is 346 g/mol. The molecule has 25 heavy (non-hydrogen) atoms. The van der Waals surface area contributed by atoms with Crippen LogP contribution in [0.5, 0.6) is 0 Å². The van der Waals surface area contributed by atoms with Gasteiger partial charge in [0, 0.05) is 19.5 Å². The Morgan fingerprint density at radius 2 is 1.80 bits per heavy atom. The van der Waals surface area contributed by atoms with Crippen molar-refractivity contribution in [3.05, 3.63) is 29.8 Å². The fourth-order valence-corrected chi connectivity index (χ4v) is 2.90. The van der Waals surface area contributed by atoms with Gasteiger partial charge in [-0.2, -0.15) is 0 Å². The lowest BCUT2D eigenvalue weighted by molar-refractivity contribution is -0.149. The molecule has 0 aliphatic heterocycles. The number of aliphatic carboxylic acids is 1. The molecule has 0 bridgehead atoms. The van der Waals surface area contributed by atoms with Gasteiger partial charge in [0.05, 0.1) is 16.7 Å². The number of hydrogen-bond donors (Lipinski definition) is 2. The summed E-state index contributed by atoms with van der Waals surface area (Å²) in [5.41, 5.74) is -0.0447. The van der Waals surface area contributed by atoms with Crippen LogP contribution in [0.25, 0.3) is 0 Å². The fourth-order valence-electron chi connectivity index (χ4n) is 2.90. The van der Waals surface area contributed by atoms with Crippen molar-refractivity contribution in [2.24, 2.45) is 11.3 Å². The molecule has 0 aromatic heterocycles. The summed E-state index contributed by atoms with van der Waals surface area (Å²) >= 11 is 0. The predicted molar refractivity (Wildman–Crippen MR) is 95.6 cm³/mol. The number of carbonyl (C=O) groups excluding carboxylic acids is 2. The second-order valence-corrected chi connectivity index (χ2v) is 6.66. The van der Waals surface area contributed by atoms with Crippen LogP contribution >= 0.6 is 0 Å². The summed E-state index contributed by atoms with van der Waals surface area (Å²) in [5, 5.41) is 12.2. The molecule has 1 aliphatic rings. The van der Waals surface area contributed by atoms with Gasteiger partial charge in [0.1, 0.15) is 0 Å². The third-order valence-electron chi connectivity index (χ3n) is 5.16. The first-order valence-corrected chi connectivity index (χ1v) is 8.74. The molecular weight excluding hydrogens is 320 g/mol. The summed E-state index contributed by atoms with van der Waals surface area (Å²) in [6.07, 6.45) is 2.65. The maximum atomic E-state index is 12.6. The Balaban J connectivity index is 2.17. The summed E-state index contributed by atoms with van der Waals surface area (Å²) in [7, 11) is 1.67. The molecule has 1 aliphatic carbocycles. The number of carbonyl (C=O) groups is 3. The first-order chi connectivity index (χ1) is 11.9. The number of anilines is 1. The van der Waals surface area contributed by atoms with Crippen LogP contribution in [0.1, 0.15) is 49.9 Å². The van der Waals surface area contributed by atoms with Crippen LogP contribution in [-0.4, -0.2) is 36.5 Å². The van der Waals surface area contributed by atoms with Gasteiger partial charge >= 0.3 is 5.97 Å². The molecule has 0 unspecified atom stereocenters. The Labute approximate surface area is 148 Å². The van der Waals surface area contributed by atoms with E-state index in [0.717, 1.165) is 12.8 Å². The first-order valence-electron chi connectivity index (χ1n) is 8.74. The third-order valence-corrected chi connectivity index (χ3v) is 5.16. The summed E-state index contributed by atoms with van der Waals surface area (Å²) in [4.78, 5) is 38.0. The van der Waals surface area contributed by atoms with Crippen molar-refractivity contribution in [2.75, 3.05) is 18.5 Å². The molecule has 136 valence electrons. The number of para-hydroxylation sites is 1. The summed E-state index contributed by atoms with van der Waals surface area (Å²) in [6, 6.07) is 6.90. The van der Waals surface area contributed by atoms with E-state index in [9.17, 15) is 19.5 Å². The molecule has 6 nitrogen and oxygen atoms in total. The van der Waals surface area contributed by atoms with Crippen molar-refractivity contribution in [1.82, 2.24) is 5.32 Å². The van der Waals surface area contributed by atoms with Crippen molar-refractivity contribution in [3.8, 4) is 0 Å². The van der Waals surface area contributed by atoms with Gasteiger partial charge in [0.15, 0.2) is 0 Å². The van der Waals surface area contributed by atoms with Gasteiger partial charge in [-0.1, -0.05) is 26.0 Å². The van der Waals surface area contributed by atoms with Crippen LogP contribution in [-0.2, 0) is 9.59 Å². The minimum absolute atomic E-state index is 0.0160. The first kappa shape index (κ1) is 19.0. The van der Waals surface area contributed by atoms with Crippen LogP contribution in [0.2, 0.25) is 0 Å². The number of amides is 2. The molecule has 6 heteroatoms. The highest BCUT2D eigenvalue weighted by molar-refractivity contribution is 6.05. The lowest BCUT2D eigenvalue weighted by atomic mass is 9.82. The van der Waals surface area contributed by atoms with E-state index in [2.05, 4.69) is 5.32 Å². The van der Waals surface area contributed by atoms with Crippen LogP contribution in [0.15, 0.2) is 24.3 Å². The molecule has 1 aromatic rings. The van der Waals surface area contributed by atoms with Crippen molar-refractivity contribution in [2.45, 2.75) is 39.5 Å². The number of benzene rings is 1. The van der Waals surface area contributed by atoms with Gasteiger partial charge in [-0.3, -0.25) is 14.4 Å². The third kappa shape index (κ3) is 4.00. The van der Waals surface area contributed by atoms with Crippen LogP contribution in [0.3, 0.4) is 0 Å². The molecule has 1 aromatic carbocycles. The van der Waals surface area contributed by atoms with Gasteiger partial charge in [-0.25, -0.2) is 0 Å². The highest BCUT2D eigenvalue weighted by Gasteiger charge is 2.36. The minimum atomic E-state index is -0.972. The normalized spacial score (nSPS) is 14.0. The van der Waals surface area contributed by atoms with Gasteiger partial charge in [0.2, 0.25) is 5.91 Å². The van der Waals surface area contributed by atoms with Crippen molar-refractivity contribution >= 4 is 23.5 Å². The summed E-state index contributed by atoms with van der Waals surface area (Å²) in [6.45, 7) is 3.67. The zero-order valence-electron chi connectivity index (χ0n) is 15.0. The molecule has 0 saturated heterocycles. The Kier molecular flexibility index (Phi) is 5.82. The SMILES string of the molecule is CCC(CC)(CNC(=O)c1ccccc1N(C)C(=O)C1CC1)C(=O)O. The molecule has 2 amide bonds. The van der Waals surface area contributed by atoms with E-state index in [4.69, 9.17) is 0 Å². The van der Waals surface area contributed by atoms with Crippen LogP contribution < -0.4 is 10.2 Å². The monoisotopic (exact) mass is 346 g/mol. The number of nitrogens with zero attached hydrogens (tertiary/aromatic N) is 1. The molecule has 2 N–H and O–H groups in total. The van der Waals surface area contributed by atoms with Gasteiger partial charge in [-0.15, -0.1) is 0 Å². The highest BCUT2D eigenvalue weighted by Crippen LogP contribution is 2.33. The summed E-state index contributed by atoms with van der Waals surface area (Å²) < 4.78 is 0. The van der Waals surface area contributed by atoms with E-state index >= 15 is 0 Å². The second-order valence-electron chi connectivity index (χ2n) is 6.66. The molecule has 1 fully saturated rings. The zero-order valence-corrected chi connectivity index (χ0v) is 15.0. The minimum Gasteiger partial charge on any atom is -0.481 e. The molecule has 0 radical (unpaired) electrons. The number of carboxylic acid groups (broad SMARTS) is 1. The molecule has 0 spiro atoms. The Morgan fingerprint density at radius 1 is 1.20 bits per heavy atom. The number of carboxylic acids is 1. The number of nitrogens with one attached hydrogen (secondary N) is 1. The maximum absolute atomic E-state index is 12.6. The lowest BCUT2D eigenvalue weighted by Gasteiger charge is -2.27. The second kappa shape index (κ2) is 7.68. The quantitative estimate of drug-likeness (QED) is 0.758. The van der Waals surface area contributed by atoms with Gasteiger partial charge < -0.3 is 15.3 Å². The van der Waals surface area contributed by atoms with Crippen molar-refractivity contribution in [3.63, 3.8) is 0 Å². The fraction of sp³-hybridized carbons (Fsp3) is 0.526. The highest BCUT2D eigenvalue weighted by atomic mass is 16.4. The van der Waals surface area contributed by atoms with E-state index in [1.54, 1.807) is 45.2 Å². The molecule has 0 atom stereocenters. The smallest absolute Gasteiger partial charge is 0.311 e. The maximum Gasteiger partial charge on any atom is 0.311 e.